The molecule has 3 heterocycles. The average molecular weight is 418 g/mol. The number of nitrogens with zero attached hydrogens (tertiary/aromatic N) is 2. The van der Waals surface area contributed by atoms with Crippen LogP contribution in [0.1, 0.15) is 18.4 Å². The molecule has 1 aromatic carbocycles. The molecule has 1 aliphatic heterocycles. The van der Waals surface area contributed by atoms with Crippen LogP contribution in [0.4, 0.5) is 5.82 Å². The molecule has 1 saturated heterocycles. The fraction of sp³-hybridized carbons (Fsp3) is 0.333. The van der Waals surface area contributed by atoms with Crippen molar-refractivity contribution in [3.8, 4) is 11.3 Å². The molecule has 3 unspecified atom stereocenters. The third-order valence-electron chi connectivity index (χ3n) is 6.02. The Morgan fingerprint density at radius 3 is 2.97 bits per heavy atom. The molecule has 2 fully saturated rings. The van der Waals surface area contributed by atoms with E-state index < -0.39 is 0 Å². The summed E-state index contributed by atoms with van der Waals surface area (Å²) in [5.41, 5.74) is 4.31. The standard InChI is InChI=1S/C24H23N3O2S/c1-2-6-15(7-3-1)22-20(17-9-4-8-16-12-18(16)17)21-23(26-14-27-24(21)29-22)25-13-19-28-10-5-11-30-19/h1-4,6-9,14,16,18-19H,5,10-13H2,(H,25,26,27). The van der Waals surface area contributed by atoms with Gasteiger partial charge in [-0.1, -0.05) is 48.6 Å². The van der Waals surface area contributed by atoms with Crippen LogP contribution in [-0.4, -0.2) is 34.3 Å². The van der Waals surface area contributed by atoms with Crippen molar-refractivity contribution in [2.75, 3.05) is 24.2 Å². The number of rotatable bonds is 5. The zero-order valence-electron chi connectivity index (χ0n) is 16.6. The molecule has 0 spiro atoms. The van der Waals surface area contributed by atoms with E-state index in [1.54, 1.807) is 6.33 Å². The molecule has 6 heteroatoms. The third-order valence-corrected chi connectivity index (χ3v) is 7.22. The summed E-state index contributed by atoms with van der Waals surface area (Å²) in [5.74, 6) is 4.05. The number of fused-ring (bicyclic) bond motifs is 2. The third kappa shape index (κ3) is 3.24. The summed E-state index contributed by atoms with van der Waals surface area (Å²) >= 11 is 1.86. The Labute approximate surface area is 179 Å². The molecule has 2 aliphatic carbocycles. The topological polar surface area (TPSA) is 60.2 Å². The van der Waals surface area contributed by atoms with Crippen LogP contribution < -0.4 is 5.32 Å². The quantitative estimate of drug-likeness (QED) is 0.602. The van der Waals surface area contributed by atoms with Crippen LogP contribution in [0.5, 0.6) is 0 Å². The van der Waals surface area contributed by atoms with Crippen LogP contribution in [0.3, 0.4) is 0 Å². The highest BCUT2D eigenvalue weighted by atomic mass is 32.2. The number of furan rings is 1. The zero-order chi connectivity index (χ0) is 19.9. The van der Waals surface area contributed by atoms with E-state index in [0.29, 0.717) is 24.1 Å². The van der Waals surface area contributed by atoms with Crippen molar-refractivity contribution in [1.29, 1.82) is 0 Å². The van der Waals surface area contributed by atoms with Crippen molar-refractivity contribution in [2.24, 2.45) is 11.8 Å². The van der Waals surface area contributed by atoms with E-state index in [2.05, 4.69) is 45.6 Å². The molecule has 3 atom stereocenters. The van der Waals surface area contributed by atoms with Crippen LogP contribution >= 0.6 is 11.8 Å². The Kier molecular flexibility index (Phi) is 4.61. The molecule has 30 heavy (non-hydrogen) atoms. The summed E-state index contributed by atoms with van der Waals surface area (Å²) in [6.07, 6.45) is 10.6. The number of aromatic nitrogens is 2. The smallest absolute Gasteiger partial charge is 0.232 e. The highest BCUT2D eigenvalue weighted by molar-refractivity contribution is 7.99. The van der Waals surface area contributed by atoms with Gasteiger partial charge in [-0.25, -0.2) is 9.97 Å². The molecule has 0 bridgehead atoms. The number of benzene rings is 1. The first-order chi connectivity index (χ1) is 14.9. The van der Waals surface area contributed by atoms with Gasteiger partial charge in [-0.2, -0.15) is 0 Å². The molecule has 6 rings (SSSR count). The number of hydrogen-bond acceptors (Lipinski definition) is 6. The van der Waals surface area contributed by atoms with Crippen LogP contribution in [0.25, 0.3) is 28.0 Å². The van der Waals surface area contributed by atoms with Crippen LogP contribution in [-0.2, 0) is 4.74 Å². The van der Waals surface area contributed by atoms with E-state index in [0.717, 1.165) is 46.9 Å². The summed E-state index contributed by atoms with van der Waals surface area (Å²) < 4.78 is 12.2. The predicted molar refractivity (Wildman–Crippen MR) is 121 cm³/mol. The van der Waals surface area contributed by atoms with Gasteiger partial charge in [0.15, 0.2) is 0 Å². The van der Waals surface area contributed by atoms with Crippen molar-refractivity contribution in [3.63, 3.8) is 0 Å². The molecule has 1 saturated carbocycles. The van der Waals surface area contributed by atoms with Crippen LogP contribution in [0.15, 0.2) is 59.3 Å². The molecular formula is C24H23N3O2S. The molecular weight excluding hydrogens is 394 g/mol. The maximum Gasteiger partial charge on any atom is 0.232 e. The minimum absolute atomic E-state index is 0.150. The molecule has 1 N–H and O–H groups in total. The summed E-state index contributed by atoms with van der Waals surface area (Å²) in [6.45, 7) is 1.54. The van der Waals surface area contributed by atoms with Gasteiger partial charge in [-0.3, -0.25) is 0 Å². The molecule has 2 aromatic heterocycles. The van der Waals surface area contributed by atoms with Gasteiger partial charge < -0.3 is 14.5 Å². The number of thioether (sulfide) groups is 1. The molecule has 0 amide bonds. The lowest BCUT2D eigenvalue weighted by atomic mass is 9.93. The summed E-state index contributed by atoms with van der Waals surface area (Å²) in [7, 11) is 0. The summed E-state index contributed by atoms with van der Waals surface area (Å²) in [4.78, 5) is 9.08. The van der Waals surface area contributed by atoms with Gasteiger partial charge in [0.2, 0.25) is 5.71 Å². The van der Waals surface area contributed by atoms with E-state index >= 15 is 0 Å². The largest absolute Gasteiger partial charge is 0.437 e. The van der Waals surface area contributed by atoms with Crippen LogP contribution in [0, 0.1) is 11.8 Å². The fourth-order valence-corrected chi connectivity index (χ4v) is 5.39. The Bertz CT molecular complexity index is 1130. The van der Waals surface area contributed by atoms with E-state index in [1.165, 1.54) is 12.0 Å². The number of hydrogen-bond donors (Lipinski definition) is 1. The second-order valence-electron chi connectivity index (χ2n) is 7.99. The monoisotopic (exact) mass is 417 g/mol. The van der Waals surface area contributed by atoms with E-state index in [4.69, 9.17) is 9.15 Å². The van der Waals surface area contributed by atoms with Crippen molar-refractivity contribution in [1.82, 2.24) is 9.97 Å². The maximum absolute atomic E-state index is 6.35. The first-order valence-corrected chi connectivity index (χ1v) is 11.6. The van der Waals surface area contributed by atoms with Crippen molar-refractivity contribution in [3.05, 3.63) is 60.5 Å². The number of allylic oxidation sites excluding steroid dienone is 4. The zero-order valence-corrected chi connectivity index (χ0v) is 17.4. The van der Waals surface area contributed by atoms with Crippen molar-refractivity contribution < 1.29 is 9.15 Å². The summed E-state index contributed by atoms with van der Waals surface area (Å²) in [6, 6.07) is 10.3. The van der Waals surface area contributed by atoms with E-state index in [-0.39, 0.29) is 5.44 Å². The molecule has 152 valence electrons. The first kappa shape index (κ1) is 18.2. The van der Waals surface area contributed by atoms with Gasteiger partial charge in [-0.05, 0) is 36.0 Å². The molecule has 5 nitrogen and oxygen atoms in total. The fourth-order valence-electron chi connectivity index (χ4n) is 4.45. The number of anilines is 1. The van der Waals surface area contributed by atoms with Crippen molar-refractivity contribution >= 4 is 34.3 Å². The Balaban J connectivity index is 1.47. The lowest BCUT2D eigenvalue weighted by Gasteiger charge is -2.22. The minimum Gasteiger partial charge on any atom is -0.437 e. The number of nitrogens with one attached hydrogen (secondary N) is 1. The van der Waals surface area contributed by atoms with Gasteiger partial charge in [0, 0.05) is 17.7 Å². The predicted octanol–water partition coefficient (Wildman–Crippen LogP) is 5.37. The SMILES string of the molecule is C1=CC2CC2C(c2c(-c3ccccc3)oc3ncnc(NCC4OCCCS4)c23)=C1. The first-order valence-electron chi connectivity index (χ1n) is 10.6. The lowest BCUT2D eigenvalue weighted by Crippen LogP contribution is -2.25. The molecule has 0 radical (unpaired) electrons. The lowest BCUT2D eigenvalue weighted by molar-refractivity contribution is 0.113. The van der Waals surface area contributed by atoms with Crippen LogP contribution in [0.2, 0.25) is 0 Å². The maximum atomic E-state index is 6.35. The molecule has 3 aliphatic rings. The van der Waals surface area contributed by atoms with Gasteiger partial charge >= 0.3 is 0 Å². The highest BCUT2D eigenvalue weighted by Crippen LogP contribution is 2.54. The van der Waals surface area contributed by atoms with Gasteiger partial charge in [0.1, 0.15) is 23.3 Å². The van der Waals surface area contributed by atoms with Gasteiger partial charge in [0.05, 0.1) is 11.9 Å². The highest BCUT2D eigenvalue weighted by Gasteiger charge is 2.42. The average Bonchev–Trinajstić information content (AvgIpc) is 3.51. The minimum atomic E-state index is 0.150. The normalized spacial score (nSPS) is 25.1. The van der Waals surface area contributed by atoms with Gasteiger partial charge in [-0.15, -0.1) is 11.8 Å². The summed E-state index contributed by atoms with van der Waals surface area (Å²) in [5, 5.41) is 4.50. The van der Waals surface area contributed by atoms with Gasteiger partial charge in [0.25, 0.3) is 0 Å². The molecule has 3 aromatic rings. The number of ether oxygens (including phenoxy) is 1. The Hall–Kier alpha value is -2.57. The van der Waals surface area contributed by atoms with E-state index in [9.17, 15) is 0 Å². The van der Waals surface area contributed by atoms with Crippen molar-refractivity contribution in [2.45, 2.75) is 18.3 Å². The Morgan fingerprint density at radius 2 is 2.10 bits per heavy atom. The Morgan fingerprint density at radius 1 is 1.17 bits per heavy atom. The van der Waals surface area contributed by atoms with E-state index in [1.807, 2.05) is 30.0 Å². The second kappa shape index (κ2) is 7.60. The second-order valence-corrected chi connectivity index (χ2v) is 9.26.